The summed E-state index contributed by atoms with van der Waals surface area (Å²) in [6.07, 6.45) is 6.35. The molecule has 1 aromatic rings. The van der Waals surface area contributed by atoms with Gasteiger partial charge in [0.05, 0.1) is 0 Å². The summed E-state index contributed by atoms with van der Waals surface area (Å²) >= 11 is 0. The minimum absolute atomic E-state index is 0.0449. The second-order valence-electron chi connectivity index (χ2n) is 6.29. The number of hydrogen-bond acceptors (Lipinski definition) is 4. The number of hydrogen-bond donors (Lipinski definition) is 0. The van der Waals surface area contributed by atoms with Crippen molar-refractivity contribution in [3.63, 3.8) is 0 Å². The lowest BCUT2D eigenvalue weighted by atomic mass is 9.75. The normalized spacial score (nSPS) is 17.8. The summed E-state index contributed by atoms with van der Waals surface area (Å²) in [6, 6.07) is 10.2. The molecule has 0 aliphatic heterocycles. The highest BCUT2D eigenvalue weighted by Crippen LogP contribution is 2.47. The first-order valence-corrected chi connectivity index (χ1v) is 10.1. The Kier molecular flexibility index (Phi) is 7.01. The highest BCUT2D eigenvalue weighted by Gasteiger charge is 2.31. The molecule has 1 fully saturated rings. The Morgan fingerprint density at radius 2 is 1.74 bits per heavy atom. The van der Waals surface area contributed by atoms with Gasteiger partial charge in [-0.15, -0.1) is 0 Å². The van der Waals surface area contributed by atoms with Crippen molar-refractivity contribution in [3.8, 4) is 0 Å². The third-order valence-corrected chi connectivity index (χ3v) is 6.67. The summed E-state index contributed by atoms with van der Waals surface area (Å²) in [5, 5.41) is 0. The zero-order valence-electron chi connectivity index (χ0n) is 14.1. The van der Waals surface area contributed by atoms with Crippen molar-refractivity contribution < 1.29 is 18.4 Å². The summed E-state index contributed by atoms with van der Waals surface area (Å²) in [5.41, 5.74) is 1.21. The monoisotopic (exact) mass is 338 g/mol. The van der Waals surface area contributed by atoms with Crippen molar-refractivity contribution in [2.24, 2.45) is 5.92 Å². The number of ketones is 1. The van der Waals surface area contributed by atoms with Crippen LogP contribution >= 0.6 is 7.60 Å². The molecule has 2 rings (SSSR count). The molecule has 0 bridgehead atoms. The van der Waals surface area contributed by atoms with Crippen LogP contribution in [0.1, 0.15) is 50.0 Å². The van der Waals surface area contributed by atoms with Gasteiger partial charge in [0.1, 0.15) is 11.9 Å². The van der Waals surface area contributed by atoms with Gasteiger partial charge < -0.3 is 9.05 Å². The van der Waals surface area contributed by atoms with Crippen LogP contribution in [0.4, 0.5) is 0 Å². The molecule has 0 spiro atoms. The van der Waals surface area contributed by atoms with Gasteiger partial charge in [-0.05, 0) is 30.2 Å². The predicted molar refractivity (Wildman–Crippen MR) is 91.9 cm³/mol. The largest absolute Gasteiger partial charge is 0.337 e. The second kappa shape index (κ2) is 8.77. The van der Waals surface area contributed by atoms with E-state index in [1.807, 2.05) is 18.2 Å². The molecule has 0 N–H and O–H groups in total. The summed E-state index contributed by atoms with van der Waals surface area (Å²) in [5.74, 6) is 0.683. The molecular weight excluding hydrogens is 311 g/mol. The topological polar surface area (TPSA) is 52.6 Å². The number of carbonyl (C=O) groups excluding carboxylic acids is 1. The molecule has 1 aliphatic rings. The van der Waals surface area contributed by atoms with Crippen LogP contribution in [-0.4, -0.2) is 26.2 Å². The molecule has 1 aromatic carbocycles. The Bertz CT molecular complexity index is 529. The molecule has 1 aliphatic carbocycles. The van der Waals surface area contributed by atoms with Crippen LogP contribution in [0, 0.1) is 5.92 Å². The van der Waals surface area contributed by atoms with E-state index in [9.17, 15) is 9.36 Å². The van der Waals surface area contributed by atoms with Gasteiger partial charge in [0.15, 0.2) is 0 Å². The lowest BCUT2D eigenvalue weighted by Crippen LogP contribution is -2.21. The molecule has 1 atom stereocenters. The van der Waals surface area contributed by atoms with Crippen LogP contribution in [0.3, 0.4) is 0 Å². The molecule has 128 valence electrons. The molecule has 0 unspecified atom stereocenters. The summed E-state index contributed by atoms with van der Waals surface area (Å²) in [6.45, 7) is 0. The quantitative estimate of drug-likeness (QED) is 0.639. The van der Waals surface area contributed by atoms with E-state index in [0.717, 1.165) is 0 Å². The van der Waals surface area contributed by atoms with Crippen LogP contribution in [0.5, 0.6) is 0 Å². The SMILES string of the molecule is COP(=O)(CC(=O)C[C@H](c1ccccc1)C1CCCCC1)OC. The third kappa shape index (κ3) is 5.27. The average Bonchev–Trinajstić information content (AvgIpc) is 2.61. The Labute approximate surface area is 139 Å². The summed E-state index contributed by atoms with van der Waals surface area (Å²) in [7, 11) is -0.621. The number of benzene rings is 1. The smallest absolute Gasteiger partial charge is 0.312 e. The first-order valence-electron chi connectivity index (χ1n) is 8.35. The van der Waals surface area contributed by atoms with Crippen molar-refractivity contribution in [2.45, 2.75) is 44.4 Å². The average molecular weight is 338 g/mol. The van der Waals surface area contributed by atoms with Gasteiger partial charge in [-0.25, -0.2) is 0 Å². The van der Waals surface area contributed by atoms with Crippen molar-refractivity contribution >= 4 is 13.4 Å². The Morgan fingerprint density at radius 1 is 1.13 bits per heavy atom. The van der Waals surface area contributed by atoms with Gasteiger partial charge in [-0.3, -0.25) is 9.36 Å². The Hall–Kier alpha value is -0.960. The van der Waals surface area contributed by atoms with E-state index < -0.39 is 7.60 Å². The Balaban J connectivity index is 2.11. The molecule has 0 heterocycles. The first-order chi connectivity index (χ1) is 11.1. The van der Waals surface area contributed by atoms with Crippen LogP contribution < -0.4 is 0 Å². The molecule has 5 heteroatoms. The van der Waals surface area contributed by atoms with E-state index in [-0.39, 0.29) is 17.9 Å². The molecule has 0 amide bonds. The van der Waals surface area contributed by atoms with E-state index in [4.69, 9.17) is 9.05 Å². The third-order valence-electron chi connectivity index (χ3n) is 4.82. The molecule has 4 nitrogen and oxygen atoms in total. The second-order valence-corrected chi connectivity index (χ2v) is 8.56. The number of rotatable bonds is 8. The van der Waals surface area contributed by atoms with E-state index in [2.05, 4.69) is 12.1 Å². The summed E-state index contributed by atoms with van der Waals surface area (Å²) < 4.78 is 22.0. The van der Waals surface area contributed by atoms with Gasteiger partial charge in [0.2, 0.25) is 0 Å². The minimum atomic E-state index is -3.27. The maximum absolute atomic E-state index is 12.5. The predicted octanol–water partition coefficient (Wildman–Crippen LogP) is 4.80. The summed E-state index contributed by atoms with van der Waals surface area (Å²) in [4.78, 5) is 12.5. The maximum Gasteiger partial charge on any atom is 0.337 e. The van der Waals surface area contributed by atoms with Gasteiger partial charge in [0.25, 0.3) is 0 Å². The molecule has 23 heavy (non-hydrogen) atoms. The van der Waals surface area contributed by atoms with E-state index in [1.165, 1.54) is 51.9 Å². The van der Waals surface area contributed by atoms with Gasteiger partial charge in [-0.1, -0.05) is 49.6 Å². The fraction of sp³-hybridized carbons (Fsp3) is 0.611. The van der Waals surface area contributed by atoms with Crippen LogP contribution in [0.25, 0.3) is 0 Å². The maximum atomic E-state index is 12.5. The molecule has 0 radical (unpaired) electrons. The zero-order chi connectivity index (χ0) is 16.7. The van der Waals surface area contributed by atoms with Crippen LogP contribution in [0.15, 0.2) is 30.3 Å². The highest BCUT2D eigenvalue weighted by atomic mass is 31.2. The van der Waals surface area contributed by atoms with Crippen LogP contribution in [0.2, 0.25) is 0 Å². The molecule has 0 saturated heterocycles. The lowest BCUT2D eigenvalue weighted by Gasteiger charge is -2.30. The van der Waals surface area contributed by atoms with Crippen molar-refractivity contribution in [1.29, 1.82) is 0 Å². The fourth-order valence-electron chi connectivity index (χ4n) is 3.52. The van der Waals surface area contributed by atoms with E-state index >= 15 is 0 Å². The molecular formula is C18H27O4P. The Morgan fingerprint density at radius 3 is 2.30 bits per heavy atom. The molecule has 1 saturated carbocycles. The standard InChI is InChI=1S/C18H27O4P/c1-21-23(20,22-2)14-17(19)13-18(15-9-5-3-6-10-15)16-11-7-4-8-12-16/h3,5-6,9-10,16,18H,4,7-8,11-14H2,1-2H3/t18-/m1/s1. The van der Waals surface area contributed by atoms with Gasteiger partial charge >= 0.3 is 7.60 Å². The van der Waals surface area contributed by atoms with Crippen molar-refractivity contribution in [2.75, 3.05) is 20.4 Å². The van der Waals surface area contributed by atoms with E-state index in [0.29, 0.717) is 12.3 Å². The first kappa shape index (κ1) is 18.4. The number of Topliss-reactive ketones (excluding diaryl/α,β-unsaturated/α-hetero) is 1. The fourth-order valence-corrected chi connectivity index (χ4v) is 4.49. The molecule has 0 aromatic heterocycles. The van der Waals surface area contributed by atoms with Crippen molar-refractivity contribution in [3.05, 3.63) is 35.9 Å². The lowest BCUT2D eigenvalue weighted by molar-refractivity contribution is -0.117. The van der Waals surface area contributed by atoms with Crippen molar-refractivity contribution in [1.82, 2.24) is 0 Å². The van der Waals surface area contributed by atoms with Gasteiger partial charge in [0, 0.05) is 20.6 Å². The highest BCUT2D eigenvalue weighted by molar-refractivity contribution is 7.54. The van der Waals surface area contributed by atoms with Gasteiger partial charge in [-0.2, -0.15) is 0 Å². The zero-order valence-corrected chi connectivity index (χ0v) is 15.0. The van der Waals surface area contributed by atoms with E-state index in [1.54, 1.807) is 0 Å². The minimum Gasteiger partial charge on any atom is -0.312 e. The van der Waals surface area contributed by atoms with Crippen LogP contribution in [-0.2, 0) is 18.4 Å². The number of carbonyl (C=O) groups is 1.